The number of amides is 1. The first-order valence-corrected chi connectivity index (χ1v) is 7.60. The van der Waals surface area contributed by atoms with Gasteiger partial charge >= 0.3 is 0 Å². The van der Waals surface area contributed by atoms with Crippen molar-refractivity contribution >= 4 is 18.5 Å². The van der Waals surface area contributed by atoms with Crippen molar-refractivity contribution in [1.82, 2.24) is 10.2 Å². The number of fused-ring (bicyclic) bond motifs is 1. The standard InChI is InChI=1S/C15H20N2O2S/c18-15(11-3-5-14(20)6-4-11)16-8-13-9-17-7-1-2-12(17)10-19-13/h3-6,12-13,20H,1-2,7-10H2,(H,16,18). The van der Waals surface area contributed by atoms with E-state index in [1.54, 1.807) is 12.1 Å². The Morgan fingerprint density at radius 2 is 2.20 bits per heavy atom. The zero-order chi connectivity index (χ0) is 13.9. The molecule has 0 bridgehead atoms. The van der Waals surface area contributed by atoms with Crippen molar-refractivity contribution in [2.75, 3.05) is 26.2 Å². The number of nitrogens with zero attached hydrogens (tertiary/aromatic N) is 1. The van der Waals surface area contributed by atoms with Gasteiger partial charge in [-0.25, -0.2) is 0 Å². The summed E-state index contributed by atoms with van der Waals surface area (Å²) in [5, 5.41) is 2.95. The van der Waals surface area contributed by atoms with Crippen LogP contribution in [0.1, 0.15) is 23.2 Å². The monoisotopic (exact) mass is 292 g/mol. The maximum absolute atomic E-state index is 12.0. The number of benzene rings is 1. The van der Waals surface area contributed by atoms with Gasteiger partial charge in [0.25, 0.3) is 5.91 Å². The van der Waals surface area contributed by atoms with E-state index in [9.17, 15) is 4.79 Å². The zero-order valence-electron chi connectivity index (χ0n) is 11.4. The van der Waals surface area contributed by atoms with Crippen LogP contribution in [0.25, 0.3) is 0 Å². The van der Waals surface area contributed by atoms with Crippen LogP contribution in [0.4, 0.5) is 0 Å². The van der Waals surface area contributed by atoms with Crippen molar-refractivity contribution in [2.24, 2.45) is 0 Å². The Labute approximate surface area is 124 Å². The number of hydrogen-bond acceptors (Lipinski definition) is 4. The third-order valence-corrected chi connectivity index (χ3v) is 4.38. The summed E-state index contributed by atoms with van der Waals surface area (Å²) < 4.78 is 5.83. The molecule has 0 aliphatic carbocycles. The smallest absolute Gasteiger partial charge is 0.251 e. The number of hydrogen-bond donors (Lipinski definition) is 2. The van der Waals surface area contributed by atoms with Crippen LogP contribution in [0.3, 0.4) is 0 Å². The first kappa shape index (κ1) is 13.9. The van der Waals surface area contributed by atoms with Gasteiger partial charge < -0.3 is 10.1 Å². The summed E-state index contributed by atoms with van der Waals surface area (Å²) in [6.45, 7) is 3.47. The predicted molar refractivity (Wildman–Crippen MR) is 80.4 cm³/mol. The molecular weight excluding hydrogens is 272 g/mol. The molecular formula is C15H20N2O2S. The van der Waals surface area contributed by atoms with Gasteiger partial charge in [-0.3, -0.25) is 9.69 Å². The second-order valence-electron chi connectivity index (χ2n) is 5.50. The second-order valence-corrected chi connectivity index (χ2v) is 6.02. The molecule has 3 rings (SSSR count). The predicted octanol–water partition coefficient (Wildman–Crippen LogP) is 1.57. The van der Waals surface area contributed by atoms with E-state index in [4.69, 9.17) is 4.74 Å². The van der Waals surface area contributed by atoms with Gasteiger partial charge in [-0.15, -0.1) is 12.6 Å². The fraction of sp³-hybridized carbons (Fsp3) is 0.533. The molecule has 0 spiro atoms. The Kier molecular flexibility index (Phi) is 4.29. The highest BCUT2D eigenvalue weighted by atomic mass is 32.1. The summed E-state index contributed by atoms with van der Waals surface area (Å²) in [5.41, 5.74) is 0.664. The summed E-state index contributed by atoms with van der Waals surface area (Å²) in [6.07, 6.45) is 2.62. The minimum Gasteiger partial charge on any atom is -0.373 e. The largest absolute Gasteiger partial charge is 0.373 e. The second kappa shape index (κ2) is 6.16. The minimum absolute atomic E-state index is 0.0505. The van der Waals surface area contributed by atoms with Crippen LogP contribution in [0.5, 0.6) is 0 Å². The van der Waals surface area contributed by atoms with E-state index < -0.39 is 0 Å². The van der Waals surface area contributed by atoms with Gasteiger partial charge in [0.05, 0.1) is 12.7 Å². The number of nitrogens with one attached hydrogen (secondary N) is 1. The lowest BCUT2D eigenvalue weighted by molar-refractivity contribution is -0.0461. The van der Waals surface area contributed by atoms with E-state index in [1.165, 1.54) is 19.4 Å². The lowest BCUT2D eigenvalue weighted by Gasteiger charge is -2.35. The Hall–Kier alpha value is -1.04. The summed E-state index contributed by atoms with van der Waals surface area (Å²) in [6, 6.07) is 7.82. The number of carbonyl (C=O) groups excluding carboxylic acids is 1. The van der Waals surface area contributed by atoms with E-state index >= 15 is 0 Å². The molecule has 20 heavy (non-hydrogen) atoms. The summed E-state index contributed by atoms with van der Waals surface area (Å²) >= 11 is 4.21. The van der Waals surface area contributed by atoms with Crippen LogP contribution in [-0.4, -0.2) is 49.2 Å². The molecule has 1 aromatic rings. The minimum atomic E-state index is -0.0505. The number of morpholine rings is 1. The molecule has 2 atom stereocenters. The Morgan fingerprint density at radius 3 is 3.00 bits per heavy atom. The lowest BCUT2D eigenvalue weighted by Crippen LogP contribution is -2.50. The molecule has 2 heterocycles. The number of rotatable bonds is 3. The van der Waals surface area contributed by atoms with Crippen LogP contribution < -0.4 is 5.32 Å². The third kappa shape index (κ3) is 3.16. The average Bonchev–Trinajstić information content (AvgIpc) is 2.93. The van der Waals surface area contributed by atoms with E-state index in [1.807, 2.05) is 12.1 Å². The van der Waals surface area contributed by atoms with Gasteiger partial charge in [0.2, 0.25) is 0 Å². The SMILES string of the molecule is O=C(NCC1CN2CCCC2CO1)c1ccc(S)cc1. The quantitative estimate of drug-likeness (QED) is 0.831. The van der Waals surface area contributed by atoms with E-state index in [0.29, 0.717) is 18.2 Å². The van der Waals surface area contributed by atoms with Gasteiger partial charge in [0, 0.05) is 29.6 Å². The highest BCUT2D eigenvalue weighted by Gasteiger charge is 2.32. The van der Waals surface area contributed by atoms with Crippen molar-refractivity contribution in [3.63, 3.8) is 0 Å². The average molecular weight is 292 g/mol. The molecule has 2 aliphatic rings. The number of thiol groups is 1. The van der Waals surface area contributed by atoms with Crippen molar-refractivity contribution in [3.8, 4) is 0 Å². The van der Waals surface area contributed by atoms with Crippen LogP contribution in [0, 0.1) is 0 Å². The molecule has 2 aliphatic heterocycles. The number of carbonyl (C=O) groups is 1. The first-order chi connectivity index (χ1) is 9.72. The maximum atomic E-state index is 12.0. The normalized spacial score (nSPS) is 26.2. The van der Waals surface area contributed by atoms with Gasteiger partial charge in [0.1, 0.15) is 0 Å². The molecule has 5 heteroatoms. The zero-order valence-corrected chi connectivity index (χ0v) is 12.3. The summed E-state index contributed by atoms with van der Waals surface area (Å²) in [5.74, 6) is -0.0505. The van der Waals surface area contributed by atoms with Gasteiger partial charge in [0.15, 0.2) is 0 Å². The van der Waals surface area contributed by atoms with Crippen LogP contribution >= 0.6 is 12.6 Å². The van der Waals surface area contributed by atoms with Crippen molar-refractivity contribution in [2.45, 2.75) is 29.9 Å². The molecule has 2 unspecified atom stereocenters. The lowest BCUT2D eigenvalue weighted by atomic mass is 10.1. The molecule has 1 N–H and O–H groups in total. The summed E-state index contributed by atoms with van der Waals surface area (Å²) in [7, 11) is 0. The van der Waals surface area contributed by atoms with E-state index in [2.05, 4.69) is 22.8 Å². The van der Waals surface area contributed by atoms with Gasteiger partial charge in [-0.2, -0.15) is 0 Å². The van der Waals surface area contributed by atoms with Crippen molar-refractivity contribution < 1.29 is 9.53 Å². The van der Waals surface area contributed by atoms with E-state index in [-0.39, 0.29) is 12.0 Å². The van der Waals surface area contributed by atoms with Gasteiger partial charge in [-0.1, -0.05) is 0 Å². The topological polar surface area (TPSA) is 41.6 Å². The van der Waals surface area contributed by atoms with Gasteiger partial charge in [-0.05, 0) is 43.7 Å². The molecule has 1 amide bonds. The van der Waals surface area contributed by atoms with E-state index in [0.717, 1.165) is 18.0 Å². The van der Waals surface area contributed by atoms with Crippen LogP contribution in [0.2, 0.25) is 0 Å². The molecule has 0 saturated carbocycles. The molecule has 4 nitrogen and oxygen atoms in total. The van der Waals surface area contributed by atoms with Crippen LogP contribution in [-0.2, 0) is 4.74 Å². The van der Waals surface area contributed by atoms with Crippen molar-refractivity contribution in [1.29, 1.82) is 0 Å². The first-order valence-electron chi connectivity index (χ1n) is 7.15. The number of ether oxygens (including phenoxy) is 1. The highest BCUT2D eigenvalue weighted by Crippen LogP contribution is 2.22. The van der Waals surface area contributed by atoms with Crippen molar-refractivity contribution in [3.05, 3.63) is 29.8 Å². The molecule has 2 fully saturated rings. The fourth-order valence-electron chi connectivity index (χ4n) is 2.93. The molecule has 2 saturated heterocycles. The van der Waals surface area contributed by atoms with Crippen LogP contribution in [0.15, 0.2) is 29.2 Å². The fourth-order valence-corrected chi connectivity index (χ4v) is 3.08. The Balaban J connectivity index is 1.49. The molecule has 0 aromatic heterocycles. The molecule has 108 valence electrons. The molecule has 1 aromatic carbocycles. The maximum Gasteiger partial charge on any atom is 0.251 e. The Bertz CT molecular complexity index is 477. The molecule has 0 radical (unpaired) electrons. The Morgan fingerprint density at radius 1 is 1.40 bits per heavy atom. The third-order valence-electron chi connectivity index (χ3n) is 4.08. The highest BCUT2D eigenvalue weighted by molar-refractivity contribution is 7.80. The summed E-state index contributed by atoms with van der Waals surface area (Å²) in [4.78, 5) is 15.4.